The fourth-order valence-corrected chi connectivity index (χ4v) is 2.88. The Hall–Kier alpha value is -1.02. The van der Waals surface area contributed by atoms with Crippen molar-refractivity contribution in [2.75, 3.05) is 26.3 Å². The maximum atomic E-state index is 13.4. The van der Waals surface area contributed by atoms with E-state index in [1.807, 2.05) is 0 Å². The molecule has 0 spiro atoms. The van der Waals surface area contributed by atoms with E-state index in [2.05, 4.69) is 10.0 Å². The van der Waals surface area contributed by atoms with Crippen molar-refractivity contribution in [2.45, 2.75) is 17.9 Å². The van der Waals surface area contributed by atoms with Crippen LogP contribution in [0.25, 0.3) is 0 Å². The summed E-state index contributed by atoms with van der Waals surface area (Å²) in [7, 11) is -3.68. The van der Waals surface area contributed by atoms with Gasteiger partial charge < -0.3 is 10.1 Å². The quantitative estimate of drug-likeness (QED) is 0.841. The van der Waals surface area contributed by atoms with E-state index in [0.29, 0.717) is 25.3 Å². The first-order valence-electron chi connectivity index (χ1n) is 6.06. The minimum absolute atomic E-state index is 0.0566. The molecule has 0 amide bonds. The molecule has 2 N–H and O–H groups in total. The molecule has 1 saturated heterocycles. The van der Waals surface area contributed by atoms with E-state index in [1.165, 1.54) is 12.1 Å². The summed E-state index contributed by atoms with van der Waals surface area (Å²) < 4.78 is 45.0. The minimum atomic E-state index is -3.68. The minimum Gasteiger partial charge on any atom is -0.378 e. The van der Waals surface area contributed by atoms with Crippen molar-refractivity contribution in [2.24, 2.45) is 0 Å². The van der Waals surface area contributed by atoms with Gasteiger partial charge in [-0.3, -0.25) is 0 Å². The molecule has 1 aliphatic heterocycles. The van der Waals surface area contributed by atoms with Crippen molar-refractivity contribution in [3.63, 3.8) is 0 Å². The molecule has 1 unspecified atom stereocenters. The van der Waals surface area contributed by atoms with Gasteiger partial charge in [-0.25, -0.2) is 17.5 Å². The number of hydrogen-bond donors (Lipinski definition) is 2. The molecule has 1 fully saturated rings. The van der Waals surface area contributed by atoms with E-state index in [1.54, 1.807) is 6.92 Å². The van der Waals surface area contributed by atoms with Crippen molar-refractivity contribution in [3.05, 3.63) is 29.6 Å². The van der Waals surface area contributed by atoms with E-state index in [0.717, 1.165) is 6.07 Å². The zero-order valence-corrected chi connectivity index (χ0v) is 11.5. The normalized spacial score (nSPS) is 20.4. The number of nitrogens with one attached hydrogen (secondary N) is 2. The fourth-order valence-electron chi connectivity index (χ4n) is 1.79. The van der Waals surface area contributed by atoms with Crippen LogP contribution in [0, 0.1) is 12.7 Å². The van der Waals surface area contributed by atoms with Gasteiger partial charge in [0.15, 0.2) is 0 Å². The summed E-state index contributed by atoms with van der Waals surface area (Å²) in [6, 6.07) is 3.82. The van der Waals surface area contributed by atoms with Crippen molar-refractivity contribution in [3.8, 4) is 0 Å². The Morgan fingerprint density at radius 3 is 2.95 bits per heavy atom. The number of aryl methyl sites for hydroxylation is 1. The molecule has 1 atom stereocenters. The third kappa shape index (κ3) is 3.73. The maximum Gasteiger partial charge on any atom is 0.240 e. The summed E-state index contributed by atoms with van der Waals surface area (Å²) in [5.74, 6) is -0.526. The van der Waals surface area contributed by atoms with E-state index < -0.39 is 15.8 Å². The van der Waals surface area contributed by atoms with Gasteiger partial charge in [-0.1, -0.05) is 6.07 Å². The molecular formula is C12H17FN2O3S. The highest BCUT2D eigenvalue weighted by atomic mass is 32.2. The molecule has 1 aromatic carbocycles. The summed E-state index contributed by atoms with van der Waals surface area (Å²) in [5, 5.41) is 3.14. The Bertz CT molecular complexity index is 542. The summed E-state index contributed by atoms with van der Waals surface area (Å²) in [4.78, 5) is -0.0627. The average Bonchev–Trinajstić information content (AvgIpc) is 2.41. The molecule has 7 heteroatoms. The Kier molecular flexibility index (Phi) is 4.51. The van der Waals surface area contributed by atoms with Crippen LogP contribution < -0.4 is 10.0 Å². The third-order valence-corrected chi connectivity index (χ3v) is 4.39. The molecule has 2 rings (SSSR count). The Balaban J connectivity index is 2.02. The smallest absolute Gasteiger partial charge is 0.240 e. The molecule has 0 aliphatic carbocycles. The van der Waals surface area contributed by atoms with Crippen molar-refractivity contribution < 1.29 is 17.5 Å². The first kappa shape index (κ1) is 14.4. The molecule has 19 heavy (non-hydrogen) atoms. The molecule has 1 aromatic rings. The predicted molar refractivity (Wildman–Crippen MR) is 68.9 cm³/mol. The first-order valence-corrected chi connectivity index (χ1v) is 7.54. The van der Waals surface area contributed by atoms with Crippen LogP contribution in [-0.4, -0.2) is 40.8 Å². The Morgan fingerprint density at radius 2 is 2.32 bits per heavy atom. The molecule has 106 valence electrons. The molecule has 1 aliphatic rings. The average molecular weight is 288 g/mol. The van der Waals surface area contributed by atoms with Gasteiger partial charge in [0.05, 0.1) is 18.1 Å². The monoisotopic (exact) mass is 288 g/mol. The number of benzene rings is 1. The number of morpholine rings is 1. The van der Waals surface area contributed by atoms with E-state index >= 15 is 0 Å². The summed E-state index contributed by atoms with van der Waals surface area (Å²) in [6.45, 7) is 3.60. The van der Waals surface area contributed by atoms with Crippen molar-refractivity contribution in [1.82, 2.24) is 10.0 Å². The van der Waals surface area contributed by atoms with Crippen LogP contribution in [0.2, 0.25) is 0 Å². The summed E-state index contributed by atoms with van der Waals surface area (Å²) in [6.07, 6.45) is 0. The van der Waals surface area contributed by atoms with Crippen LogP contribution >= 0.6 is 0 Å². The van der Waals surface area contributed by atoms with Crippen LogP contribution in [0.4, 0.5) is 4.39 Å². The number of rotatable bonds is 4. The third-order valence-electron chi connectivity index (χ3n) is 2.97. The zero-order valence-electron chi connectivity index (χ0n) is 10.6. The largest absolute Gasteiger partial charge is 0.378 e. The standard InChI is InChI=1S/C12H17FN2O3S/c1-9-2-3-11(6-12(9)13)19(16,17)15-7-10-8-18-5-4-14-10/h2-3,6,10,14-15H,4-5,7-8H2,1H3. The lowest BCUT2D eigenvalue weighted by Gasteiger charge is -2.23. The lowest BCUT2D eigenvalue weighted by Crippen LogP contribution is -2.48. The van der Waals surface area contributed by atoms with Crippen LogP contribution in [0.3, 0.4) is 0 Å². The zero-order chi connectivity index (χ0) is 13.9. The maximum absolute atomic E-state index is 13.4. The van der Waals surface area contributed by atoms with Crippen LogP contribution in [0.15, 0.2) is 23.1 Å². The molecule has 1 heterocycles. The highest BCUT2D eigenvalue weighted by Gasteiger charge is 2.19. The molecule has 5 nitrogen and oxygen atoms in total. The van der Waals surface area contributed by atoms with Crippen LogP contribution in [0.5, 0.6) is 0 Å². The van der Waals surface area contributed by atoms with Gasteiger partial charge in [0.2, 0.25) is 10.0 Å². The van der Waals surface area contributed by atoms with Crippen molar-refractivity contribution >= 4 is 10.0 Å². The van der Waals surface area contributed by atoms with Gasteiger partial charge in [0.1, 0.15) is 5.82 Å². The first-order chi connectivity index (χ1) is 8.99. The molecule has 0 aromatic heterocycles. The SMILES string of the molecule is Cc1ccc(S(=O)(=O)NCC2COCCN2)cc1F. The van der Waals surface area contributed by atoms with E-state index in [9.17, 15) is 12.8 Å². The van der Waals surface area contributed by atoms with E-state index in [-0.39, 0.29) is 17.5 Å². The lowest BCUT2D eigenvalue weighted by atomic mass is 10.2. The molecular weight excluding hydrogens is 271 g/mol. The van der Waals surface area contributed by atoms with Gasteiger partial charge in [0, 0.05) is 19.1 Å². The molecule has 0 radical (unpaired) electrons. The number of ether oxygens (including phenoxy) is 1. The summed E-state index contributed by atoms with van der Waals surface area (Å²) >= 11 is 0. The molecule has 0 bridgehead atoms. The highest BCUT2D eigenvalue weighted by Crippen LogP contribution is 2.13. The van der Waals surface area contributed by atoms with Crippen LogP contribution in [-0.2, 0) is 14.8 Å². The van der Waals surface area contributed by atoms with Gasteiger partial charge >= 0.3 is 0 Å². The van der Waals surface area contributed by atoms with Gasteiger partial charge in [-0.05, 0) is 24.6 Å². The Labute approximate surface area is 112 Å². The number of hydrogen-bond acceptors (Lipinski definition) is 4. The van der Waals surface area contributed by atoms with Crippen LogP contribution in [0.1, 0.15) is 5.56 Å². The topological polar surface area (TPSA) is 67.4 Å². The number of halogens is 1. The Morgan fingerprint density at radius 1 is 1.53 bits per heavy atom. The van der Waals surface area contributed by atoms with Gasteiger partial charge in [0.25, 0.3) is 0 Å². The second-order valence-corrected chi connectivity index (χ2v) is 6.26. The van der Waals surface area contributed by atoms with Gasteiger partial charge in [-0.15, -0.1) is 0 Å². The van der Waals surface area contributed by atoms with Gasteiger partial charge in [-0.2, -0.15) is 0 Å². The summed E-state index contributed by atoms with van der Waals surface area (Å²) in [5.41, 5.74) is 0.418. The fraction of sp³-hybridized carbons (Fsp3) is 0.500. The second kappa shape index (κ2) is 5.96. The number of sulfonamides is 1. The highest BCUT2D eigenvalue weighted by molar-refractivity contribution is 7.89. The second-order valence-electron chi connectivity index (χ2n) is 4.49. The van der Waals surface area contributed by atoms with Crippen molar-refractivity contribution in [1.29, 1.82) is 0 Å². The van der Waals surface area contributed by atoms with E-state index in [4.69, 9.17) is 4.74 Å². The lowest BCUT2D eigenvalue weighted by molar-refractivity contribution is 0.0784. The predicted octanol–water partition coefficient (Wildman–Crippen LogP) is 0.401. The molecule has 0 saturated carbocycles.